The molecule has 3 rings (SSSR count). The second-order valence-corrected chi connectivity index (χ2v) is 4.57. The zero-order valence-electron chi connectivity index (χ0n) is 10.7. The maximum Gasteiger partial charge on any atom is 0.205 e. The lowest BCUT2D eigenvalue weighted by atomic mass is 9.90. The van der Waals surface area contributed by atoms with E-state index in [1.165, 1.54) is 0 Å². The fraction of sp³-hybridized carbons (Fsp3) is 0.571. The van der Waals surface area contributed by atoms with Crippen LogP contribution in [0, 0.1) is 5.92 Å². The minimum Gasteiger partial charge on any atom is -0.490 e. The molecule has 4 nitrogen and oxygen atoms in total. The topological polar surface area (TPSA) is 36.9 Å². The lowest BCUT2D eigenvalue weighted by Gasteiger charge is -2.34. The largest absolute Gasteiger partial charge is 0.490 e. The number of para-hydroxylation sites is 1. The van der Waals surface area contributed by atoms with Crippen molar-refractivity contribution in [1.29, 1.82) is 0 Å². The van der Waals surface area contributed by atoms with Crippen LogP contribution in [0.5, 0.6) is 11.5 Å². The molecule has 0 spiro atoms. The van der Waals surface area contributed by atoms with E-state index in [0.29, 0.717) is 6.61 Å². The number of hydrogen-bond donors (Lipinski definition) is 0. The summed E-state index contributed by atoms with van der Waals surface area (Å²) in [6.07, 6.45) is 0.798. The minimum absolute atomic E-state index is 0.0293. The Morgan fingerprint density at radius 1 is 1.39 bits per heavy atom. The van der Waals surface area contributed by atoms with E-state index in [0.717, 1.165) is 30.1 Å². The third-order valence-electron chi connectivity index (χ3n) is 3.58. The first kappa shape index (κ1) is 11.8. The van der Waals surface area contributed by atoms with Gasteiger partial charge in [-0.05, 0) is 19.4 Å². The highest BCUT2D eigenvalue weighted by molar-refractivity contribution is 5.49. The third-order valence-corrected chi connectivity index (χ3v) is 3.58. The maximum absolute atomic E-state index is 5.94. The molecule has 1 aromatic rings. The van der Waals surface area contributed by atoms with Gasteiger partial charge < -0.3 is 18.9 Å². The van der Waals surface area contributed by atoms with E-state index in [-0.39, 0.29) is 18.3 Å². The Kier molecular flexibility index (Phi) is 3.14. The van der Waals surface area contributed by atoms with Crippen molar-refractivity contribution in [1.82, 2.24) is 0 Å². The summed E-state index contributed by atoms with van der Waals surface area (Å²) in [7, 11) is 1.74. The highest BCUT2D eigenvalue weighted by Gasteiger charge is 2.43. The monoisotopic (exact) mass is 250 g/mol. The van der Waals surface area contributed by atoms with Gasteiger partial charge in [0.15, 0.2) is 11.5 Å². The molecule has 0 aliphatic carbocycles. The van der Waals surface area contributed by atoms with Gasteiger partial charge in [-0.25, -0.2) is 0 Å². The molecule has 0 amide bonds. The van der Waals surface area contributed by atoms with Crippen molar-refractivity contribution in [2.75, 3.05) is 20.3 Å². The van der Waals surface area contributed by atoms with Crippen molar-refractivity contribution >= 4 is 0 Å². The average Bonchev–Trinajstić information content (AvgIpc) is 2.85. The van der Waals surface area contributed by atoms with Gasteiger partial charge in [-0.1, -0.05) is 12.1 Å². The summed E-state index contributed by atoms with van der Waals surface area (Å²) >= 11 is 0. The maximum atomic E-state index is 5.94. The molecule has 2 aliphatic heterocycles. The summed E-state index contributed by atoms with van der Waals surface area (Å²) < 4.78 is 22.8. The molecule has 1 fully saturated rings. The van der Waals surface area contributed by atoms with E-state index < -0.39 is 0 Å². The van der Waals surface area contributed by atoms with E-state index >= 15 is 0 Å². The normalized spacial score (nSPS) is 29.3. The van der Waals surface area contributed by atoms with Gasteiger partial charge in [0.2, 0.25) is 6.29 Å². The molecule has 0 unspecified atom stereocenters. The summed E-state index contributed by atoms with van der Waals surface area (Å²) in [4.78, 5) is 0. The first-order chi connectivity index (χ1) is 8.85. The predicted molar refractivity (Wildman–Crippen MR) is 65.8 cm³/mol. The van der Waals surface area contributed by atoms with E-state index in [1.54, 1.807) is 7.11 Å². The van der Waals surface area contributed by atoms with Crippen molar-refractivity contribution < 1.29 is 18.9 Å². The van der Waals surface area contributed by atoms with E-state index in [1.807, 2.05) is 25.1 Å². The first-order valence-corrected chi connectivity index (χ1v) is 6.42. The molecular weight excluding hydrogens is 232 g/mol. The lowest BCUT2D eigenvalue weighted by Crippen LogP contribution is -2.34. The van der Waals surface area contributed by atoms with Gasteiger partial charge in [0.05, 0.1) is 25.2 Å². The fourth-order valence-corrected chi connectivity index (χ4v) is 2.80. The van der Waals surface area contributed by atoms with Crippen LogP contribution in [0.4, 0.5) is 0 Å². The molecular formula is C14H18O4. The number of methoxy groups -OCH3 is 1. The molecule has 1 aromatic carbocycles. The standard InChI is InChI=1S/C14H18O4/c1-3-16-11-6-4-5-9-12(15-2)10-7-8-17-14(10)18-13(9)11/h4-6,10,12,14H,3,7-8H2,1-2H3/t10-,12-,14+/m1/s1. The number of benzene rings is 1. The van der Waals surface area contributed by atoms with Gasteiger partial charge in [-0.3, -0.25) is 0 Å². The highest BCUT2D eigenvalue weighted by Crippen LogP contribution is 2.48. The van der Waals surface area contributed by atoms with Gasteiger partial charge in [0, 0.05) is 12.7 Å². The van der Waals surface area contributed by atoms with Gasteiger partial charge in [0.1, 0.15) is 0 Å². The fourth-order valence-electron chi connectivity index (χ4n) is 2.80. The molecule has 4 heteroatoms. The SMILES string of the molecule is CCOc1cccc2c1O[C@@H]1OCC[C@@H]1[C@@H]2OC. The third kappa shape index (κ3) is 1.76. The second kappa shape index (κ2) is 4.78. The van der Waals surface area contributed by atoms with Gasteiger partial charge in [-0.2, -0.15) is 0 Å². The first-order valence-electron chi connectivity index (χ1n) is 6.42. The molecule has 98 valence electrons. The molecule has 0 aromatic heterocycles. The molecule has 3 atom stereocenters. The van der Waals surface area contributed by atoms with E-state index in [4.69, 9.17) is 18.9 Å². The molecule has 18 heavy (non-hydrogen) atoms. The van der Waals surface area contributed by atoms with Crippen LogP contribution in [0.15, 0.2) is 18.2 Å². The van der Waals surface area contributed by atoms with Crippen molar-refractivity contribution in [3.63, 3.8) is 0 Å². The molecule has 0 N–H and O–H groups in total. The van der Waals surface area contributed by atoms with Gasteiger partial charge in [0.25, 0.3) is 0 Å². The van der Waals surface area contributed by atoms with Crippen LogP contribution >= 0.6 is 0 Å². The van der Waals surface area contributed by atoms with Crippen LogP contribution in [-0.4, -0.2) is 26.6 Å². The van der Waals surface area contributed by atoms with Crippen LogP contribution in [0.1, 0.15) is 25.0 Å². The number of ether oxygens (including phenoxy) is 4. The Morgan fingerprint density at radius 2 is 2.28 bits per heavy atom. The van der Waals surface area contributed by atoms with Crippen molar-refractivity contribution in [2.45, 2.75) is 25.7 Å². The quantitative estimate of drug-likeness (QED) is 0.826. The number of hydrogen-bond acceptors (Lipinski definition) is 4. The summed E-state index contributed by atoms with van der Waals surface area (Å²) in [5.74, 6) is 1.82. The molecule has 0 bridgehead atoms. The zero-order chi connectivity index (χ0) is 12.5. The molecule has 2 aliphatic rings. The average molecular weight is 250 g/mol. The van der Waals surface area contributed by atoms with Crippen LogP contribution in [0.2, 0.25) is 0 Å². The summed E-state index contributed by atoms with van der Waals surface area (Å²) in [6, 6.07) is 5.94. The summed E-state index contributed by atoms with van der Waals surface area (Å²) in [5, 5.41) is 0. The molecule has 1 saturated heterocycles. The van der Waals surface area contributed by atoms with Crippen molar-refractivity contribution in [3.8, 4) is 11.5 Å². The Morgan fingerprint density at radius 3 is 3.06 bits per heavy atom. The van der Waals surface area contributed by atoms with E-state index in [2.05, 4.69) is 0 Å². The zero-order valence-corrected chi connectivity index (χ0v) is 10.7. The Bertz CT molecular complexity index is 432. The molecule has 2 heterocycles. The van der Waals surface area contributed by atoms with Crippen LogP contribution in [0.3, 0.4) is 0 Å². The summed E-state index contributed by atoms with van der Waals surface area (Å²) in [5.41, 5.74) is 1.07. The van der Waals surface area contributed by atoms with Crippen LogP contribution < -0.4 is 9.47 Å². The molecule has 0 saturated carbocycles. The Hall–Kier alpha value is -1.26. The predicted octanol–water partition coefficient (Wildman–Crippen LogP) is 2.53. The van der Waals surface area contributed by atoms with Crippen LogP contribution in [-0.2, 0) is 9.47 Å². The van der Waals surface area contributed by atoms with E-state index in [9.17, 15) is 0 Å². The Labute approximate surface area is 107 Å². The van der Waals surface area contributed by atoms with Crippen molar-refractivity contribution in [2.24, 2.45) is 5.92 Å². The number of fused-ring (bicyclic) bond motifs is 2. The van der Waals surface area contributed by atoms with Crippen molar-refractivity contribution in [3.05, 3.63) is 23.8 Å². The lowest BCUT2D eigenvalue weighted by molar-refractivity contribution is -0.113. The highest BCUT2D eigenvalue weighted by atomic mass is 16.7. The second-order valence-electron chi connectivity index (χ2n) is 4.57. The molecule has 0 radical (unpaired) electrons. The summed E-state index contributed by atoms with van der Waals surface area (Å²) in [6.45, 7) is 3.31. The Balaban J connectivity index is 2.02. The van der Waals surface area contributed by atoms with Gasteiger partial charge in [-0.15, -0.1) is 0 Å². The number of rotatable bonds is 3. The van der Waals surface area contributed by atoms with Gasteiger partial charge >= 0.3 is 0 Å². The smallest absolute Gasteiger partial charge is 0.205 e. The van der Waals surface area contributed by atoms with Crippen LogP contribution in [0.25, 0.3) is 0 Å². The minimum atomic E-state index is -0.205.